The quantitative estimate of drug-likeness (QED) is 0.293. The summed E-state index contributed by atoms with van der Waals surface area (Å²) in [6.07, 6.45) is 12.8. The van der Waals surface area contributed by atoms with Crippen molar-refractivity contribution in [3.05, 3.63) is 0 Å². The molecule has 0 aliphatic carbocycles. The molecule has 0 saturated carbocycles. The minimum atomic E-state index is 0.193. The van der Waals surface area contributed by atoms with Crippen molar-refractivity contribution in [3.8, 4) is 0 Å². The molecule has 43 heavy (non-hydrogen) atoms. The first kappa shape index (κ1) is 36.3. The minimum absolute atomic E-state index is 0.193. The van der Waals surface area contributed by atoms with Gasteiger partial charge in [-0.1, -0.05) is 34.1 Å². The van der Waals surface area contributed by atoms with E-state index in [1.807, 2.05) is 4.90 Å². The van der Waals surface area contributed by atoms with Crippen molar-refractivity contribution in [3.63, 3.8) is 0 Å². The van der Waals surface area contributed by atoms with E-state index in [0.29, 0.717) is 23.9 Å². The van der Waals surface area contributed by atoms with Crippen LogP contribution in [0.4, 0.5) is 0 Å². The van der Waals surface area contributed by atoms with Gasteiger partial charge in [0.15, 0.2) is 0 Å². The number of rotatable bonds is 10. The van der Waals surface area contributed by atoms with Gasteiger partial charge in [0.2, 0.25) is 11.8 Å². The summed E-state index contributed by atoms with van der Waals surface area (Å²) in [5, 5.41) is 0. The second-order valence-electron chi connectivity index (χ2n) is 14.8. The fourth-order valence-electron chi connectivity index (χ4n) is 7.48. The third kappa shape index (κ3) is 11.9. The summed E-state index contributed by atoms with van der Waals surface area (Å²) in [5.41, 5.74) is 0. The van der Waals surface area contributed by atoms with E-state index in [2.05, 4.69) is 63.2 Å². The molecule has 1 atom stereocenters. The van der Waals surface area contributed by atoms with Crippen LogP contribution >= 0.6 is 0 Å². The summed E-state index contributed by atoms with van der Waals surface area (Å²) in [5.74, 6) is 3.63. The van der Waals surface area contributed by atoms with Gasteiger partial charge in [0.05, 0.1) is 6.10 Å². The normalized spacial score (nSPS) is 23.5. The lowest BCUT2D eigenvalue weighted by Crippen LogP contribution is -2.44. The molecule has 4 aliphatic heterocycles. The largest absolute Gasteiger partial charge is 0.368 e. The Hall–Kier alpha value is -1.18. The average molecular weight is 605 g/mol. The maximum absolute atomic E-state index is 12.5. The van der Waals surface area contributed by atoms with Crippen LogP contribution in [0.25, 0.3) is 0 Å². The van der Waals surface area contributed by atoms with E-state index in [1.54, 1.807) is 0 Å². The van der Waals surface area contributed by atoms with Crippen LogP contribution in [0, 0.1) is 23.7 Å². The number of piperidine rings is 4. The Labute approximate surface area is 265 Å². The van der Waals surface area contributed by atoms with Gasteiger partial charge in [-0.2, -0.15) is 0 Å². The fraction of sp³-hybridized carbons (Fsp3) is 0.944. The molecule has 0 spiro atoms. The highest BCUT2D eigenvalue weighted by Gasteiger charge is 2.29. The van der Waals surface area contributed by atoms with Crippen LogP contribution in [0.5, 0.6) is 0 Å². The maximum atomic E-state index is 12.5. The molecule has 4 rings (SSSR count). The van der Waals surface area contributed by atoms with Gasteiger partial charge in [-0.05, 0) is 115 Å². The molecule has 4 saturated heterocycles. The van der Waals surface area contributed by atoms with Crippen molar-refractivity contribution in [1.29, 1.82) is 0 Å². The van der Waals surface area contributed by atoms with Crippen LogP contribution in [-0.4, -0.2) is 109 Å². The van der Waals surface area contributed by atoms with Crippen molar-refractivity contribution in [2.75, 3.05) is 59.0 Å². The molecule has 0 aromatic heterocycles. The van der Waals surface area contributed by atoms with Crippen LogP contribution in [0.1, 0.15) is 119 Å². The predicted molar refractivity (Wildman–Crippen MR) is 178 cm³/mol. The van der Waals surface area contributed by atoms with E-state index in [-0.39, 0.29) is 18.6 Å². The summed E-state index contributed by atoms with van der Waals surface area (Å²) >= 11 is 0. The highest BCUT2D eigenvalue weighted by molar-refractivity contribution is 5.77. The number of amides is 2. The first-order valence-electron chi connectivity index (χ1n) is 18.3. The van der Waals surface area contributed by atoms with E-state index < -0.39 is 0 Å². The predicted octanol–water partition coefficient (Wildman–Crippen LogP) is 6.31. The molecular weight excluding hydrogens is 536 g/mol. The standard InChI is InChI=1S/C18H34N2O2.C18H34N2O/c1-4-15(3)19-12-8-17(9-13-19)22-14-18(21)20-10-6-16(5-2)7-11-20;1-14(2)17-7-11-20(12-8-17)18(21)13-16-5-9-19(10-6-16)15(3)4/h15-17H,4-14H2,1-3H3;14-17H,5-13H2,1-4H3. The first-order valence-corrected chi connectivity index (χ1v) is 18.3. The Morgan fingerprint density at radius 1 is 0.651 bits per heavy atom. The molecule has 250 valence electrons. The maximum Gasteiger partial charge on any atom is 0.248 e. The lowest BCUT2D eigenvalue weighted by molar-refractivity contribution is -0.140. The highest BCUT2D eigenvalue weighted by Crippen LogP contribution is 2.27. The number of carbonyl (C=O) groups excluding carboxylic acids is 2. The van der Waals surface area contributed by atoms with Crippen LogP contribution in [0.3, 0.4) is 0 Å². The fourth-order valence-corrected chi connectivity index (χ4v) is 7.48. The Bertz CT molecular complexity index is 788. The third-order valence-corrected chi connectivity index (χ3v) is 11.4. The number of ether oxygens (including phenoxy) is 1. The first-order chi connectivity index (χ1) is 20.6. The van der Waals surface area contributed by atoms with Crippen molar-refractivity contribution >= 4 is 11.8 Å². The van der Waals surface area contributed by atoms with Crippen molar-refractivity contribution in [2.45, 2.75) is 137 Å². The van der Waals surface area contributed by atoms with Crippen molar-refractivity contribution in [2.24, 2.45) is 23.7 Å². The zero-order chi connectivity index (χ0) is 31.4. The topological polar surface area (TPSA) is 56.3 Å². The average Bonchev–Trinajstić information content (AvgIpc) is 3.04. The molecule has 7 nitrogen and oxygen atoms in total. The van der Waals surface area contributed by atoms with Crippen LogP contribution in [-0.2, 0) is 14.3 Å². The summed E-state index contributed by atoms with van der Waals surface area (Å²) in [7, 11) is 0. The number of hydrogen-bond acceptors (Lipinski definition) is 5. The second-order valence-corrected chi connectivity index (χ2v) is 14.8. The van der Waals surface area contributed by atoms with Crippen LogP contribution in [0.2, 0.25) is 0 Å². The van der Waals surface area contributed by atoms with Crippen LogP contribution in [0.15, 0.2) is 0 Å². The van der Waals surface area contributed by atoms with Gasteiger partial charge in [0.25, 0.3) is 0 Å². The molecule has 4 aliphatic rings. The second kappa shape index (κ2) is 18.7. The highest BCUT2D eigenvalue weighted by atomic mass is 16.5. The molecule has 0 aromatic carbocycles. The monoisotopic (exact) mass is 605 g/mol. The Morgan fingerprint density at radius 2 is 1.16 bits per heavy atom. The van der Waals surface area contributed by atoms with Crippen molar-refractivity contribution in [1.82, 2.24) is 19.6 Å². The summed E-state index contributed by atoms with van der Waals surface area (Å²) in [6.45, 7) is 24.6. The zero-order valence-electron chi connectivity index (χ0n) is 29.2. The van der Waals surface area contributed by atoms with Gasteiger partial charge in [-0.25, -0.2) is 0 Å². The SMILES string of the molecule is CC(C)C1CCN(C(=O)CC2CCN(C(C)C)CC2)CC1.CCC1CCN(C(=O)COC2CCN(C(C)CC)CC2)CC1. The van der Waals surface area contributed by atoms with E-state index >= 15 is 0 Å². The van der Waals surface area contributed by atoms with Gasteiger partial charge in [-0.15, -0.1) is 0 Å². The zero-order valence-corrected chi connectivity index (χ0v) is 29.2. The molecule has 4 fully saturated rings. The molecule has 0 bridgehead atoms. The number of nitrogens with zero attached hydrogens (tertiary/aromatic N) is 4. The molecule has 0 aromatic rings. The third-order valence-electron chi connectivity index (χ3n) is 11.4. The summed E-state index contributed by atoms with van der Waals surface area (Å²) < 4.78 is 5.89. The van der Waals surface area contributed by atoms with Gasteiger partial charge in [0.1, 0.15) is 6.61 Å². The van der Waals surface area contributed by atoms with Crippen LogP contribution < -0.4 is 0 Å². The number of carbonyl (C=O) groups is 2. The molecule has 7 heteroatoms. The number of likely N-dealkylation sites (tertiary alicyclic amines) is 4. The van der Waals surface area contributed by atoms with Gasteiger partial charge >= 0.3 is 0 Å². The molecule has 2 amide bonds. The smallest absolute Gasteiger partial charge is 0.248 e. The van der Waals surface area contributed by atoms with Gasteiger partial charge in [0, 0.05) is 57.8 Å². The lowest BCUT2D eigenvalue weighted by atomic mass is 9.86. The van der Waals surface area contributed by atoms with E-state index in [0.717, 1.165) is 89.1 Å². The molecule has 0 radical (unpaired) electrons. The van der Waals surface area contributed by atoms with Crippen molar-refractivity contribution < 1.29 is 14.3 Å². The molecule has 0 N–H and O–H groups in total. The summed E-state index contributed by atoms with van der Waals surface area (Å²) in [4.78, 5) is 33.9. The summed E-state index contributed by atoms with van der Waals surface area (Å²) in [6, 6.07) is 1.32. The Kier molecular flexibility index (Phi) is 15.8. The molecular formula is C36H68N4O3. The Morgan fingerprint density at radius 3 is 1.67 bits per heavy atom. The number of hydrogen-bond donors (Lipinski definition) is 0. The van der Waals surface area contributed by atoms with E-state index in [1.165, 1.54) is 51.6 Å². The van der Waals surface area contributed by atoms with Gasteiger partial charge in [-0.3, -0.25) is 9.59 Å². The Balaban J connectivity index is 0.000000236. The van der Waals surface area contributed by atoms with E-state index in [9.17, 15) is 9.59 Å². The minimum Gasteiger partial charge on any atom is -0.368 e. The van der Waals surface area contributed by atoms with E-state index in [4.69, 9.17) is 4.74 Å². The lowest BCUT2D eigenvalue weighted by Gasteiger charge is -2.37. The van der Waals surface area contributed by atoms with Gasteiger partial charge < -0.3 is 24.3 Å². The molecule has 1 unspecified atom stereocenters. The molecule has 4 heterocycles.